The van der Waals surface area contributed by atoms with Crippen LogP contribution in [-0.2, 0) is 14.3 Å². The number of furan rings is 1. The molecule has 0 aliphatic carbocycles. The number of amides is 3. The van der Waals surface area contributed by atoms with Gasteiger partial charge in [0.1, 0.15) is 11.8 Å². The Morgan fingerprint density at radius 3 is 2.43 bits per heavy atom. The summed E-state index contributed by atoms with van der Waals surface area (Å²) >= 11 is 0. The second kappa shape index (κ2) is 9.20. The number of carbonyl (C=O) groups excluding carboxylic acids is 3. The molecule has 3 amide bonds. The molecule has 3 heterocycles. The number of piperidine rings is 1. The molecule has 0 radical (unpaired) electrons. The number of nitrogens with zero attached hydrogens (tertiary/aromatic N) is 2. The van der Waals surface area contributed by atoms with Gasteiger partial charge in [0.15, 0.2) is 5.76 Å². The zero-order valence-corrected chi connectivity index (χ0v) is 18.3. The molecule has 2 fully saturated rings. The van der Waals surface area contributed by atoms with Crippen LogP contribution in [0.3, 0.4) is 0 Å². The molecular weight excluding hydrogens is 386 g/mol. The van der Waals surface area contributed by atoms with E-state index in [4.69, 9.17) is 9.15 Å². The van der Waals surface area contributed by atoms with Crippen LogP contribution in [0.5, 0.6) is 0 Å². The normalized spacial score (nSPS) is 20.9. The van der Waals surface area contributed by atoms with Gasteiger partial charge in [0.05, 0.1) is 12.9 Å². The van der Waals surface area contributed by atoms with Crippen molar-refractivity contribution in [2.24, 2.45) is 11.8 Å². The minimum absolute atomic E-state index is 0.119. The number of nitrogens with one attached hydrogen (secondary N) is 1. The van der Waals surface area contributed by atoms with Gasteiger partial charge in [0, 0.05) is 38.9 Å². The van der Waals surface area contributed by atoms with Gasteiger partial charge < -0.3 is 19.4 Å². The second-order valence-electron chi connectivity index (χ2n) is 9.04. The average molecular weight is 420 g/mol. The lowest BCUT2D eigenvalue weighted by Crippen LogP contribution is -2.60. The van der Waals surface area contributed by atoms with Crippen molar-refractivity contribution in [3.05, 3.63) is 24.2 Å². The Labute approximate surface area is 177 Å². The molecule has 0 aromatic carbocycles. The van der Waals surface area contributed by atoms with E-state index in [0.717, 1.165) is 0 Å². The Kier molecular flexibility index (Phi) is 6.85. The smallest absolute Gasteiger partial charge is 0.292 e. The predicted octanol–water partition coefficient (Wildman–Crippen LogP) is 2.26. The van der Waals surface area contributed by atoms with Crippen LogP contribution in [0.25, 0.3) is 0 Å². The summed E-state index contributed by atoms with van der Waals surface area (Å²) in [5.41, 5.74) is -0.904. The van der Waals surface area contributed by atoms with Crippen LogP contribution in [0.4, 0.5) is 0 Å². The molecule has 1 atom stereocenters. The largest absolute Gasteiger partial charge is 0.459 e. The quantitative estimate of drug-likeness (QED) is 0.764. The maximum atomic E-state index is 13.3. The van der Waals surface area contributed by atoms with E-state index in [2.05, 4.69) is 5.32 Å². The third kappa shape index (κ3) is 4.69. The summed E-state index contributed by atoms with van der Waals surface area (Å²) in [4.78, 5) is 42.0. The van der Waals surface area contributed by atoms with E-state index in [1.165, 1.54) is 6.26 Å². The van der Waals surface area contributed by atoms with Crippen molar-refractivity contribution >= 4 is 17.7 Å². The van der Waals surface area contributed by atoms with Crippen molar-refractivity contribution in [3.63, 3.8) is 0 Å². The highest BCUT2D eigenvalue weighted by Crippen LogP contribution is 2.38. The molecular formula is C22H33N3O5. The van der Waals surface area contributed by atoms with Crippen LogP contribution in [0, 0.1) is 11.8 Å². The Morgan fingerprint density at radius 2 is 1.87 bits per heavy atom. The minimum atomic E-state index is -0.904. The summed E-state index contributed by atoms with van der Waals surface area (Å²) in [6.45, 7) is 9.73. The van der Waals surface area contributed by atoms with Gasteiger partial charge in [-0.2, -0.15) is 0 Å². The highest BCUT2D eigenvalue weighted by atomic mass is 16.5. The Morgan fingerprint density at radius 1 is 1.17 bits per heavy atom. The monoisotopic (exact) mass is 419 g/mol. The van der Waals surface area contributed by atoms with Gasteiger partial charge in [-0.15, -0.1) is 0 Å². The van der Waals surface area contributed by atoms with Gasteiger partial charge in [-0.05, 0) is 24.0 Å². The highest BCUT2D eigenvalue weighted by molar-refractivity contribution is 5.96. The van der Waals surface area contributed by atoms with Gasteiger partial charge in [0.2, 0.25) is 11.8 Å². The van der Waals surface area contributed by atoms with Crippen molar-refractivity contribution in [2.45, 2.75) is 58.7 Å². The maximum absolute atomic E-state index is 13.3. The first-order valence-electron chi connectivity index (χ1n) is 10.8. The molecule has 0 saturated carbocycles. The maximum Gasteiger partial charge on any atom is 0.292 e. The summed E-state index contributed by atoms with van der Waals surface area (Å²) in [6.07, 6.45) is 2.88. The van der Waals surface area contributed by atoms with Gasteiger partial charge in [-0.1, -0.05) is 27.7 Å². The van der Waals surface area contributed by atoms with Crippen molar-refractivity contribution in [1.29, 1.82) is 0 Å². The van der Waals surface area contributed by atoms with Crippen molar-refractivity contribution in [1.82, 2.24) is 15.1 Å². The first kappa shape index (κ1) is 22.3. The fraction of sp³-hybridized carbons (Fsp3) is 0.682. The summed E-state index contributed by atoms with van der Waals surface area (Å²) in [5, 5.41) is 2.92. The van der Waals surface area contributed by atoms with E-state index in [9.17, 15) is 14.4 Å². The third-order valence-electron chi connectivity index (χ3n) is 5.68. The highest BCUT2D eigenvalue weighted by Gasteiger charge is 2.54. The number of hydrogen-bond donors (Lipinski definition) is 1. The van der Waals surface area contributed by atoms with E-state index in [1.54, 1.807) is 17.0 Å². The third-order valence-corrected chi connectivity index (χ3v) is 5.68. The zero-order valence-electron chi connectivity index (χ0n) is 18.3. The van der Waals surface area contributed by atoms with Crippen LogP contribution in [0.1, 0.15) is 57.5 Å². The first-order valence-corrected chi connectivity index (χ1v) is 10.8. The Balaban J connectivity index is 1.78. The summed E-state index contributed by atoms with van der Waals surface area (Å²) in [6, 6.07) is 2.52. The Hall–Kier alpha value is -2.35. The average Bonchev–Trinajstić information content (AvgIpc) is 3.34. The number of ether oxygens (including phenoxy) is 1. The van der Waals surface area contributed by atoms with E-state index < -0.39 is 11.8 Å². The molecule has 1 unspecified atom stereocenters. The Bertz CT molecular complexity index is 751. The van der Waals surface area contributed by atoms with E-state index in [1.807, 2.05) is 32.6 Å². The van der Waals surface area contributed by atoms with Crippen molar-refractivity contribution < 1.29 is 23.5 Å². The van der Waals surface area contributed by atoms with Crippen LogP contribution >= 0.6 is 0 Å². The van der Waals surface area contributed by atoms with Crippen LogP contribution < -0.4 is 5.32 Å². The van der Waals surface area contributed by atoms with Gasteiger partial charge in [0.25, 0.3) is 5.91 Å². The molecule has 2 aliphatic heterocycles. The summed E-state index contributed by atoms with van der Waals surface area (Å²) < 4.78 is 11.5. The molecule has 1 spiro atoms. The molecule has 1 aromatic rings. The zero-order chi connectivity index (χ0) is 21.9. The van der Waals surface area contributed by atoms with Crippen LogP contribution in [0.15, 0.2) is 22.8 Å². The summed E-state index contributed by atoms with van der Waals surface area (Å²) in [7, 11) is 0. The second-order valence-corrected chi connectivity index (χ2v) is 9.04. The molecule has 8 nitrogen and oxygen atoms in total. The minimum Gasteiger partial charge on any atom is -0.459 e. The van der Waals surface area contributed by atoms with E-state index in [0.29, 0.717) is 50.7 Å². The van der Waals surface area contributed by atoms with Crippen molar-refractivity contribution in [3.8, 4) is 0 Å². The fourth-order valence-corrected chi connectivity index (χ4v) is 4.09. The fourth-order valence-electron chi connectivity index (χ4n) is 4.09. The first-order chi connectivity index (χ1) is 14.2. The number of rotatable bonds is 6. The standard InChI is InChI=1S/C22H33N3O5/c1-15(2)12-19(26)24-9-7-22(8-10-24)25(21(28)18-6-5-11-29-18)17(14-30-22)20(27)23-13-16(3)4/h5-6,11,15-17H,7-10,12-14H2,1-4H3,(H,23,27). The summed E-state index contributed by atoms with van der Waals surface area (Å²) in [5.74, 6) is 0.313. The van der Waals surface area contributed by atoms with E-state index >= 15 is 0 Å². The lowest BCUT2D eigenvalue weighted by Gasteiger charge is -2.44. The van der Waals surface area contributed by atoms with Crippen LogP contribution in [0.2, 0.25) is 0 Å². The molecule has 1 aromatic heterocycles. The lowest BCUT2D eigenvalue weighted by atomic mass is 9.96. The molecule has 2 saturated heterocycles. The topological polar surface area (TPSA) is 92.1 Å². The molecule has 30 heavy (non-hydrogen) atoms. The molecule has 2 aliphatic rings. The molecule has 166 valence electrons. The SMILES string of the molecule is CC(C)CNC(=O)C1COC2(CCN(C(=O)CC(C)C)CC2)N1C(=O)c1ccco1. The van der Waals surface area contributed by atoms with Gasteiger partial charge >= 0.3 is 0 Å². The molecule has 8 heteroatoms. The predicted molar refractivity (Wildman–Crippen MR) is 110 cm³/mol. The molecule has 1 N–H and O–H groups in total. The van der Waals surface area contributed by atoms with E-state index in [-0.39, 0.29) is 30.1 Å². The number of carbonyl (C=O) groups is 3. The lowest BCUT2D eigenvalue weighted by molar-refractivity contribution is -0.144. The van der Waals surface area contributed by atoms with Crippen molar-refractivity contribution in [2.75, 3.05) is 26.2 Å². The van der Waals surface area contributed by atoms with Gasteiger partial charge in [-0.25, -0.2) is 0 Å². The van der Waals surface area contributed by atoms with Gasteiger partial charge in [-0.3, -0.25) is 19.3 Å². The molecule has 3 rings (SSSR count). The molecule has 0 bridgehead atoms. The number of hydrogen-bond acceptors (Lipinski definition) is 5. The van der Waals surface area contributed by atoms with Crippen LogP contribution in [-0.4, -0.2) is 65.5 Å². The number of likely N-dealkylation sites (tertiary alicyclic amines) is 1.